The van der Waals surface area contributed by atoms with Gasteiger partial charge in [0.25, 0.3) is 0 Å². The number of fused-ring (bicyclic) bond motifs is 1. The maximum absolute atomic E-state index is 14.2. The summed E-state index contributed by atoms with van der Waals surface area (Å²) in [4.78, 5) is 4.01. The van der Waals surface area contributed by atoms with Gasteiger partial charge in [0.15, 0.2) is 5.82 Å². The summed E-state index contributed by atoms with van der Waals surface area (Å²) in [5, 5.41) is 4.37. The third kappa shape index (κ3) is 2.75. The standard InChI is InChI=1S/C14H16ClFN4O2S/c1-19(2)23(21,22)20-12-6-4-3-5-10(12)13(18-20)14-11(16)7-9(15)8-17-14/h7-8H,3-6H2,1-2H3. The highest BCUT2D eigenvalue weighted by atomic mass is 35.5. The van der Waals surface area contributed by atoms with Gasteiger partial charge in [-0.2, -0.15) is 17.8 Å². The Morgan fingerprint density at radius 1 is 1.26 bits per heavy atom. The Labute approximate surface area is 139 Å². The molecule has 0 radical (unpaired) electrons. The molecule has 6 nitrogen and oxygen atoms in total. The largest absolute Gasteiger partial charge is 0.322 e. The normalized spacial score (nSPS) is 15.0. The number of aromatic nitrogens is 3. The number of pyridine rings is 1. The van der Waals surface area contributed by atoms with Crippen molar-refractivity contribution < 1.29 is 12.8 Å². The van der Waals surface area contributed by atoms with Crippen molar-refractivity contribution in [2.75, 3.05) is 14.1 Å². The third-order valence-corrected chi connectivity index (χ3v) is 5.73. The second-order valence-electron chi connectivity index (χ2n) is 5.60. The molecule has 0 saturated carbocycles. The molecule has 1 aliphatic carbocycles. The molecule has 0 aliphatic heterocycles. The monoisotopic (exact) mass is 358 g/mol. The first-order valence-corrected chi connectivity index (χ1v) is 8.95. The maximum Gasteiger partial charge on any atom is 0.322 e. The van der Waals surface area contributed by atoms with Gasteiger partial charge >= 0.3 is 10.2 Å². The van der Waals surface area contributed by atoms with Crippen molar-refractivity contribution >= 4 is 21.8 Å². The van der Waals surface area contributed by atoms with Gasteiger partial charge < -0.3 is 0 Å². The zero-order valence-corrected chi connectivity index (χ0v) is 14.3. The molecular formula is C14H16ClFN4O2S. The Kier molecular flexibility index (Phi) is 4.16. The van der Waals surface area contributed by atoms with Crippen LogP contribution in [0.15, 0.2) is 12.3 Å². The third-order valence-electron chi connectivity index (χ3n) is 3.86. The van der Waals surface area contributed by atoms with Crippen LogP contribution in [0.5, 0.6) is 0 Å². The predicted molar refractivity (Wildman–Crippen MR) is 85.1 cm³/mol. The quantitative estimate of drug-likeness (QED) is 0.844. The molecule has 9 heteroatoms. The molecule has 3 rings (SSSR count). The lowest BCUT2D eigenvalue weighted by atomic mass is 9.95. The average molecular weight is 359 g/mol. The van der Waals surface area contributed by atoms with Gasteiger partial charge in [0.1, 0.15) is 11.4 Å². The Bertz CT molecular complexity index is 864. The first-order valence-electron chi connectivity index (χ1n) is 7.17. The van der Waals surface area contributed by atoms with Gasteiger partial charge in [-0.25, -0.2) is 9.37 Å². The Morgan fingerprint density at radius 3 is 2.61 bits per heavy atom. The van der Waals surface area contributed by atoms with Crippen molar-refractivity contribution in [3.8, 4) is 11.4 Å². The highest BCUT2D eigenvalue weighted by molar-refractivity contribution is 7.87. The first kappa shape index (κ1) is 16.4. The number of nitrogens with zero attached hydrogens (tertiary/aromatic N) is 4. The molecule has 2 aromatic rings. The molecule has 0 aromatic carbocycles. The van der Waals surface area contributed by atoms with Crippen LogP contribution in [-0.4, -0.2) is 41.0 Å². The number of hydrogen-bond acceptors (Lipinski definition) is 4. The summed E-state index contributed by atoms with van der Waals surface area (Å²) in [6.07, 6.45) is 4.34. The van der Waals surface area contributed by atoms with E-state index >= 15 is 0 Å². The minimum atomic E-state index is -3.76. The maximum atomic E-state index is 14.2. The van der Waals surface area contributed by atoms with Crippen LogP contribution in [-0.2, 0) is 23.1 Å². The van der Waals surface area contributed by atoms with Gasteiger partial charge in [0.2, 0.25) is 0 Å². The van der Waals surface area contributed by atoms with E-state index in [4.69, 9.17) is 11.6 Å². The van der Waals surface area contributed by atoms with E-state index in [2.05, 4.69) is 10.1 Å². The zero-order chi connectivity index (χ0) is 16.8. The van der Waals surface area contributed by atoms with E-state index in [0.717, 1.165) is 32.9 Å². The van der Waals surface area contributed by atoms with Crippen molar-refractivity contribution in [2.24, 2.45) is 0 Å². The Morgan fingerprint density at radius 2 is 1.96 bits per heavy atom. The predicted octanol–water partition coefficient (Wildman–Crippen LogP) is 2.27. The van der Waals surface area contributed by atoms with Crippen LogP contribution >= 0.6 is 11.6 Å². The molecule has 2 heterocycles. The van der Waals surface area contributed by atoms with Gasteiger partial charge in [-0.1, -0.05) is 11.6 Å². The number of hydrogen-bond donors (Lipinski definition) is 0. The van der Waals surface area contributed by atoms with E-state index in [-0.39, 0.29) is 16.4 Å². The highest BCUT2D eigenvalue weighted by Crippen LogP contribution is 2.33. The van der Waals surface area contributed by atoms with Crippen LogP contribution in [0.25, 0.3) is 11.4 Å². The topological polar surface area (TPSA) is 68.1 Å². The van der Waals surface area contributed by atoms with E-state index in [0.29, 0.717) is 18.5 Å². The van der Waals surface area contributed by atoms with Crippen LogP contribution in [0.3, 0.4) is 0 Å². The average Bonchev–Trinajstić information content (AvgIpc) is 2.87. The molecule has 0 spiro atoms. The van der Waals surface area contributed by atoms with Crippen LogP contribution in [0.4, 0.5) is 4.39 Å². The molecule has 1 aliphatic rings. The summed E-state index contributed by atoms with van der Waals surface area (Å²) in [6.45, 7) is 0. The minimum absolute atomic E-state index is 0.0280. The van der Waals surface area contributed by atoms with Gasteiger partial charge in [-0.05, 0) is 31.7 Å². The summed E-state index contributed by atoms with van der Waals surface area (Å²) >= 11 is 5.74. The Hall–Kier alpha value is -1.51. The molecule has 0 bridgehead atoms. The second-order valence-corrected chi connectivity index (χ2v) is 8.01. The van der Waals surface area contributed by atoms with E-state index in [1.54, 1.807) is 0 Å². The molecule has 0 atom stereocenters. The SMILES string of the molecule is CN(C)S(=O)(=O)n1nc(-c2ncc(Cl)cc2F)c2c1CCCC2. The Balaban J connectivity index is 2.25. The summed E-state index contributed by atoms with van der Waals surface area (Å²) in [6, 6.07) is 1.15. The van der Waals surface area contributed by atoms with Gasteiger partial charge in [-0.3, -0.25) is 0 Å². The molecule has 2 aromatic heterocycles. The van der Waals surface area contributed by atoms with Gasteiger partial charge in [0.05, 0.1) is 10.7 Å². The second kappa shape index (κ2) is 5.85. The summed E-state index contributed by atoms with van der Waals surface area (Å²) in [7, 11) is -0.889. The van der Waals surface area contributed by atoms with Gasteiger partial charge in [-0.15, -0.1) is 4.09 Å². The van der Waals surface area contributed by atoms with Crippen molar-refractivity contribution in [1.82, 2.24) is 18.5 Å². The lowest BCUT2D eigenvalue weighted by molar-refractivity contribution is 0.499. The molecular weight excluding hydrogens is 343 g/mol. The molecule has 0 amide bonds. The molecule has 124 valence electrons. The fourth-order valence-corrected chi connectivity index (χ4v) is 3.81. The number of rotatable bonds is 3. The fourth-order valence-electron chi connectivity index (χ4n) is 2.69. The van der Waals surface area contributed by atoms with Crippen LogP contribution in [0.2, 0.25) is 5.02 Å². The highest BCUT2D eigenvalue weighted by Gasteiger charge is 2.30. The molecule has 0 fully saturated rings. The molecule has 0 saturated heterocycles. The van der Waals surface area contributed by atoms with Crippen molar-refractivity contribution in [1.29, 1.82) is 0 Å². The zero-order valence-electron chi connectivity index (χ0n) is 12.8. The molecule has 0 N–H and O–H groups in total. The van der Waals surface area contributed by atoms with Crippen LogP contribution < -0.4 is 0 Å². The van der Waals surface area contributed by atoms with E-state index < -0.39 is 16.0 Å². The van der Waals surface area contributed by atoms with E-state index in [9.17, 15) is 12.8 Å². The number of halogens is 2. The lowest BCUT2D eigenvalue weighted by Crippen LogP contribution is -2.31. The molecule has 0 unspecified atom stereocenters. The first-order chi connectivity index (χ1) is 10.8. The smallest absolute Gasteiger partial charge is 0.250 e. The van der Waals surface area contributed by atoms with Crippen molar-refractivity contribution in [3.63, 3.8) is 0 Å². The lowest BCUT2D eigenvalue weighted by Gasteiger charge is -2.16. The minimum Gasteiger partial charge on any atom is -0.250 e. The summed E-state index contributed by atoms with van der Waals surface area (Å²) in [5.41, 5.74) is 1.66. The van der Waals surface area contributed by atoms with Gasteiger partial charge in [0, 0.05) is 25.9 Å². The van der Waals surface area contributed by atoms with Crippen LogP contribution in [0, 0.1) is 5.82 Å². The van der Waals surface area contributed by atoms with E-state index in [1.165, 1.54) is 20.3 Å². The fraction of sp³-hybridized carbons (Fsp3) is 0.429. The van der Waals surface area contributed by atoms with Crippen molar-refractivity contribution in [2.45, 2.75) is 25.7 Å². The van der Waals surface area contributed by atoms with E-state index in [1.807, 2.05) is 0 Å². The van der Waals surface area contributed by atoms with Crippen molar-refractivity contribution in [3.05, 3.63) is 34.4 Å². The molecule has 23 heavy (non-hydrogen) atoms. The van der Waals surface area contributed by atoms with Crippen LogP contribution in [0.1, 0.15) is 24.1 Å². The summed E-state index contributed by atoms with van der Waals surface area (Å²) < 4.78 is 41.3. The summed E-state index contributed by atoms with van der Waals surface area (Å²) in [5.74, 6) is -0.613.